The van der Waals surface area contributed by atoms with Gasteiger partial charge in [0, 0.05) is 9.47 Å². The van der Waals surface area contributed by atoms with Gasteiger partial charge in [-0.25, -0.2) is 0 Å². The average Bonchev–Trinajstić information content (AvgIpc) is 2.63. The Kier molecular flexibility index (Phi) is 20.3. The van der Waals surface area contributed by atoms with E-state index >= 15 is 0 Å². The van der Waals surface area contributed by atoms with Crippen molar-refractivity contribution in [1.82, 2.24) is 0 Å². The van der Waals surface area contributed by atoms with Crippen molar-refractivity contribution in [3.8, 4) is 0 Å². The van der Waals surface area contributed by atoms with Crippen molar-refractivity contribution in [2.24, 2.45) is 0 Å². The van der Waals surface area contributed by atoms with E-state index in [2.05, 4.69) is 10.9 Å². The summed E-state index contributed by atoms with van der Waals surface area (Å²) in [6, 6.07) is 0. The molecule has 0 aromatic heterocycles. The van der Waals surface area contributed by atoms with Gasteiger partial charge in [0.25, 0.3) is 10.1 Å². The van der Waals surface area contributed by atoms with E-state index in [0.29, 0.717) is 0 Å². The fraction of sp³-hybridized carbons (Fsp3) is 1.00. The summed E-state index contributed by atoms with van der Waals surface area (Å²) >= 11 is 0. The maximum Gasteiger partial charge on any atom is 0.269 e. The van der Waals surface area contributed by atoms with Crippen LogP contribution in [0.3, 0.4) is 0 Å². The van der Waals surface area contributed by atoms with Gasteiger partial charge in [-0.15, -0.1) is 0 Å². The number of rotatable bonds is 21. The van der Waals surface area contributed by atoms with Gasteiger partial charge in [0.2, 0.25) is 0 Å². The minimum absolute atomic E-state index is 0.148. The Bertz CT molecular complexity index is 371. The molecule has 0 aromatic carbocycles. The maximum absolute atomic E-state index is 11.1. The van der Waals surface area contributed by atoms with Gasteiger partial charge in [-0.05, 0) is 6.42 Å². The first-order valence-corrected chi connectivity index (χ1v) is 13.3. The minimum Gasteiger partial charge on any atom is -0.254 e. The first-order chi connectivity index (χ1) is 12.6. The number of hydrogen-bond acceptors (Lipinski definition) is 3. The van der Waals surface area contributed by atoms with Gasteiger partial charge in [0.05, 0.1) is 5.75 Å². The third-order valence-corrected chi connectivity index (χ3v) is 7.11. The van der Waals surface area contributed by atoms with E-state index in [9.17, 15) is 8.42 Å². The van der Waals surface area contributed by atoms with Gasteiger partial charge in [0.15, 0.2) is 0 Å². The topological polar surface area (TPSA) is 43.4 Å². The number of hydrogen-bond donors (Lipinski definition) is 0. The van der Waals surface area contributed by atoms with Gasteiger partial charge < -0.3 is 0 Å². The smallest absolute Gasteiger partial charge is 0.254 e. The Morgan fingerprint density at radius 1 is 0.538 bits per heavy atom. The second-order valence-corrected chi connectivity index (χ2v) is 10.0. The van der Waals surface area contributed by atoms with Crippen LogP contribution in [0.4, 0.5) is 0 Å². The second-order valence-electron chi connectivity index (χ2n) is 7.72. The van der Waals surface area contributed by atoms with Crippen LogP contribution in [0.15, 0.2) is 0 Å². The fourth-order valence-corrected chi connectivity index (χ4v) is 4.35. The molecule has 1 atom stereocenters. The summed E-state index contributed by atoms with van der Waals surface area (Å²) in [5.74, 6) is 0.148. The van der Waals surface area contributed by atoms with Crippen molar-refractivity contribution in [2.75, 3.05) is 5.75 Å². The molecule has 0 amide bonds. The van der Waals surface area contributed by atoms with Crippen molar-refractivity contribution >= 4 is 19.6 Å². The lowest BCUT2D eigenvalue weighted by atomic mass is 10.0. The summed E-state index contributed by atoms with van der Waals surface area (Å²) in [5, 5.41) is 0. The molecule has 3 nitrogen and oxygen atoms in total. The Morgan fingerprint density at radius 3 is 1.08 bits per heavy atom. The van der Waals surface area contributed by atoms with E-state index < -0.39 is 10.1 Å². The van der Waals surface area contributed by atoms with Crippen LogP contribution in [0, 0.1) is 0 Å². The lowest BCUT2D eigenvalue weighted by molar-refractivity contribution is 0.509. The molecule has 0 spiro atoms. The van der Waals surface area contributed by atoms with Crippen molar-refractivity contribution in [1.29, 1.82) is 0 Å². The van der Waals surface area contributed by atoms with Gasteiger partial charge in [-0.2, -0.15) is 8.42 Å². The van der Waals surface area contributed by atoms with Gasteiger partial charge in [0.1, 0.15) is 0 Å². The normalized spacial score (nSPS) is 11.9. The maximum atomic E-state index is 11.1. The van der Waals surface area contributed by atoms with Gasteiger partial charge >= 0.3 is 0 Å². The first-order valence-electron chi connectivity index (χ1n) is 11.2. The monoisotopic (exact) mass is 408 g/mol. The molecule has 0 aliphatic heterocycles. The molecule has 0 radical (unpaired) electrons. The van der Waals surface area contributed by atoms with E-state index in [1.165, 1.54) is 103 Å². The predicted molar refractivity (Wildman–Crippen MR) is 118 cm³/mol. The fourth-order valence-electron chi connectivity index (χ4n) is 3.41. The Balaban J connectivity index is 3.07. The second kappa shape index (κ2) is 20.1. The minimum atomic E-state index is -3.28. The SMILES string of the molecule is CCCCCCCCCCCCCCCCCCCCCS(=O)(=O)OP. The quantitative estimate of drug-likeness (QED) is 0.145. The molecule has 158 valence electrons. The van der Waals surface area contributed by atoms with Gasteiger partial charge in [-0.1, -0.05) is 122 Å². The Labute approximate surface area is 166 Å². The summed E-state index contributed by atoms with van der Waals surface area (Å²) in [4.78, 5) is 0. The molecule has 0 saturated carbocycles. The molecular formula is C21H45O3PS. The molecule has 0 N–H and O–H groups in total. The lowest BCUT2D eigenvalue weighted by Gasteiger charge is -2.04. The van der Waals surface area contributed by atoms with Crippen LogP contribution in [0.1, 0.15) is 129 Å². The van der Waals surface area contributed by atoms with Crippen molar-refractivity contribution in [2.45, 2.75) is 129 Å². The summed E-state index contributed by atoms with van der Waals surface area (Å²) in [6.45, 7) is 2.28. The van der Waals surface area contributed by atoms with Crippen molar-refractivity contribution in [3.63, 3.8) is 0 Å². The van der Waals surface area contributed by atoms with E-state index in [0.717, 1.165) is 19.3 Å². The molecule has 0 bridgehead atoms. The Morgan fingerprint density at radius 2 is 0.808 bits per heavy atom. The van der Waals surface area contributed by atoms with E-state index in [1.807, 2.05) is 9.47 Å². The third-order valence-electron chi connectivity index (χ3n) is 5.14. The summed E-state index contributed by atoms with van der Waals surface area (Å²) < 4.78 is 26.6. The van der Waals surface area contributed by atoms with Crippen molar-refractivity contribution in [3.05, 3.63) is 0 Å². The van der Waals surface area contributed by atoms with Gasteiger partial charge in [-0.3, -0.25) is 3.97 Å². The summed E-state index contributed by atoms with van der Waals surface area (Å²) in [5.41, 5.74) is 0. The molecule has 0 aliphatic rings. The van der Waals surface area contributed by atoms with Crippen molar-refractivity contribution < 1.29 is 12.4 Å². The van der Waals surface area contributed by atoms with Crippen LogP contribution in [-0.4, -0.2) is 14.2 Å². The molecule has 0 aromatic rings. The lowest BCUT2D eigenvalue weighted by Crippen LogP contribution is -2.04. The highest BCUT2D eigenvalue weighted by atomic mass is 32.2. The highest BCUT2D eigenvalue weighted by Crippen LogP contribution is 2.14. The molecule has 0 saturated heterocycles. The zero-order valence-corrected chi connectivity index (χ0v) is 19.3. The van der Waals surface area contributed by atoms with Crippen LogP contribution in [0.2, 0.25) is 0 Å². The standard InChI is InChI=1S/C21H45O3PS/c1-2-3-4-5-6-7-8-9-10-11-12-13-14-15-16-17-18-19-20-21-26(22,23)24-25/h2-21,25H2,1H3. The van der Waals surface area contributed by atoms with Crippen LogP contribution >= 0.6 is 9.47 Å². The molecule has 0 aliphatic carbocycles. The third kappa shape index (κ3) is 20.6. The molecule has 0 heterocycles. The molecule has 26 heavy (non-hydrogen) atoms. The van der Waals surface area contributed by atoms with Crippen LogP contribution < -0.4 is 0 Å². The van der Waals surface area contributed by atoms with Crippen LogP contribution in [-0.2, 0) is 14.1 Å². The largest absolute Gasteiger partial charge is 0.269 e. The number of unbranched alkanes of at least 4 members (excludes halogenated alkanes) is 18. The predicted octanol–water partition coefficient (Wildman–Crippen LogP) is 7.55. The van der Waals surface area contributed by atoms with E-state index in [4.69, 9.17) is 0 Å². The average molecular weight is 409 g/mol. The molecule has 0 rings (SSSR count). The summed E-state index contributed by atoms with van der Waals surface area (Å²) in [6.07, 6.45) is 25.1. The van der Waals surface area contributed by atoms with Crippen LogP contribution in [0.5, 0.6) is 0 Å². The van der Waals surface area contributed by atoms with E-state index in [-0.39, 0.29) is 5.75 Å². The van der Waals surface area contributed by atoms with E-state index in [1.54, 1.807) is 0 Å². The molecule has 1 unspecified atom stereocenters. The molecule has 5 heteroatoms. The summed E-state index contributed by atoms with van der Waals surface area (Å²) in [7, 11) is -1.46. The highest BCUT2D eigenvalue weighted by Gasteiger charge is 2.07. The highest BCUT2D eigenvalue weighted by molar-refractivity contribution is 7.88. The first kappa shape index (κ1) is 26.3. The Hall–Kier alpha value is 0.340. The molecule has 0 fully saturated rings. The zero-order chi connectivity index (χ0) is 19.3. The zero-order valence-electron chi connectivity index (χ0n) is 17.4. The molecular weight excluding hydrogens is 363 g/mol. The van der Waals surface area contributed by atoms with Crippen LogP contribution in [0.25, 0.3) is 0 Å².